The van der Waals surface area contributed by atoms with E-state index in [1.807, 2.05) is 0 Å². The van der Waals surface area contributed by atoms with Crippen molar-refractivity contribution in [1.29, 1.82) is 0 Å². The molecule has 9 heteroatoms. The molecule has 0 saturated carbocycles. The molecule has 1 aromatic rings. The van der Waals surface area contributed by atoms with Gasteiger partial charge in [-0.3, -0.25) is 9.59 Å². The molecule has 0 aliphatic carbocycles. The Morgan fingerprint density at radius 3 is 2.46 bits per heavy atom. The van der Waals surface area contributed by atoms with Crippen molar-refractivity contribution < 1.29 is 23.2 Å². The van der Waals surface area contributed by atoms with Crippen LogP contribution in [0.1, 0.15) is 24.3 Å². The lowest BCUT2D eigenvalue weighted by Gasteiger charge is -2.42. The Bertz CT molecular complexity index is 724. The van der Waals surface area contributed by atoms with E-state index in [1.165, 1.54) is 25.3 Å². The summed E-state index contributed by atoms with van der Waals surface area (Å²) in [4.78, 5) is 32.4. The summed E-state index contributed by atoms with van der Waals surface area (Å²) in [6.07, 6.45) is -2.26. The van der Waals surface area contributed by atoms with Crippen LogP contribution in [0.5, 0.6) is 0 Å². The lowest BCUT2D eigenvalue weighted by atomic mass is 9.80. The molecule has 26 heavy (non-hydrogen) atoms. The van der Waals surface area contributed by atoms with Crippen LogP contribution < -0.4 is 0 Å². The molecule has 1 spiro atoms. The average Bonchev–Trinajstić information content (AvgIpc) is 2.78. The maximum Gasteiger partial charge on any atom is 0.255 e. The third-order valence-electron chi connectivity index (χ3n) is 5.15. The maximum absolute atomic E-state index is 13.3. The van der Waals surface area contributed by atoms with E-state index in [2.05, 4.69) is 0 Å². The molecular formula is C17H18Cl2F2N2O3. The number of hydrogen-bond donors (Lipinski definition) is 0. The van der Waals surface area contributed by atoms with Gasteiger partial charge >= 0.3 is 0 Å². The third kappa shape index (κ3) is 3.22. The number of hydrogen-bond acceptors (Lipinski definition) is 4. The minimum Gasteiger partial charge on any atom is -0.323 e. The topological polar surface area (TPSA) is 49.9 Å². The van der Waals surface area contributed by atoms with Gasteiger partial charge in [-0.1, -0.05) is 29.3 Å². The van der Waals surface area contributed by atoms with Crippen LogP contribution in [0.2, 0.25) is 10.0 Å². The van der Waals surface area contributed by atoms with Gasteiger partial charge in [0.1, 0.15) is 11.5 Å². The Morgan fingerprint density at radius 1 is 1.27 bits per heavy atom. The first-order valence-corrected chi connectivity index (χ1v) is 8.93. The number of nitrogens with zero attached hydrogens (tertiary/aromatic N) is 2. The van der Waals surface area contributed by atoms with Gasteiger partial charge in [0, 0.05) is 23.1 Å². The number of ketones is 1. The third-order valence-corrected chi connectivity index (χ3v) is 5.71. The number of rotatable bonds is 4. The molecule has 2 aliphatic rings. The predicted octanol–water partition coefficient (Wildman–Crippen LogP) is 3.15. The summed E-state index contributed by atoms with van der Waals surface area (Å²) in [5, 5.41) is 2.18. The molecular weight excluding hydrogens is 389 g/mol. The van der Waals surface area contributed by atoms with Crippen molar-refractivity contribution in [2.75, 3.05) is 26.7 Å². The van der Waals surface area contributed by atoms with Crippen molar-refractivity contribution in [3.05, 3.63) is 33.8 Å². The fourth-order valence-corrected chi connectivity index (χ4v) is 4.37. The highest BCUT2D eigenvalue weighted by Crippen LogP contribution is 2.45. The van der Waals surface area contributed by atoms with Crippen molar-refractivity contribution in [1.82, 2.24) is 9.96 Å². The minimum atomic E-state index is -2.73. The molecule has 0 bridgehead atoms. The summed E-state index contributed by atoms with van der Waals surface area (Å²) in [6, 6.07) is 4.48. The van der Waals surface area contributed by atoms with E-state index in [1.54, 1.807) is 5.06 Å². The first-order valence-electron chi connectivity index (χ1n) is 8.18. The first-order chi connectivity index (χ1) is 12.3. The summed E-state index contributed by atoms with van der Waals surface area (Å²) in [6.45, 7) is -0.0358. The maximum atomic E-state index is 13.3. The largest absolute Gasteiger partial charge is 0.323 e. The first kappa shape index (κ1) is 19.5. The summed E-state index contributed by atoms with van der Waals surface area (Å²) >= 11 is 12.1. The van der Waals surface area contributed by atoms with Crippen molar-refractivity contribution in [3.63, 3.8) is 0 Å². The Hall–Kier alpha value is -1.28. The SMILES string of the molecule is CON1CCC2(CC1)C(=O)C(c1ccc(Cl)cc1Cl)C(=O)N2CC(F)F. The highest BCUT2D eigenvalue weighted by Gasteiger charge is 2.59. The molecule has 2 saturated heterocycles. The molecule has 1 aromatic carbocycles. The molecule has 5 nitrogen and oxygen atoms in total. The van der Waals surface area contributed by atoms with Crippen LogP contribution in [0.25, 0.3) is 0 Å². The molecule has 0 radical (unpaired) electrons. The fourth-order valence-electron chi connectivity index (χ4n) is 3.85. The highest BCUT2D eigenvalue weighted by atomic mass is 35.5. The van der Waals surface area contributed by atoms with Gasteiger partial charge in [0.25, 0.3) is 6.43 Å². The Kier molecular flexibility index (Phi) is 5.53. The average molecular weight is 407 g/mol. The normalized spacial score (nSPS) is 23.5. The Labute approximate surface area is 159 Å². The second kappa shape index (κ2) is 7.38. The molecule has 142 valence electrons. The molecule has 1 amide bonds. The van der Waals surface area contributed by atoms with Gasteiger partial charge in [0.05, 0.1) is 13.7 Å². The van der Waals surface area contributed by atoms with Crippen molar-refractivity contribution in [2.45, 2.75) is 30.7 Å². The predicted molar refractivity (Wildman–Crippen MR) is 92.5 cm³/mol. The molecule has 2 heterocycles. The van der Waals surface area contributed by atoms with Crippen LogP contribution >= 0.6 is 23.2 Å². The van der Waals surface area contributed by atoms with Crippen LogP contribution in [-0.2, 0) is 14.4 Å². The summed E-state index contributed by atoms with van der Waals surface area (Å²) in [5.41, 5.74) is -0.952. The van der Waals surface area contributed by atoms with Crippen LogP contribution in [0, 0.1) is 0 Å². The van der Waals surface area contributed by atoms with Gasteiger partial charge in [0.2, 0.25) is 5.91 Å². The number of likely N-dealkylation sites (tertiary alicyclic amines) is 1. The van der Waals surface area contributed by atoms with Crippen molar-refractivity contribution in [2.24, 2.45) is 0 Å². The van der Waals surface area contributed by atoms with Crippen LogP contribution in [-0.4, -0.2) is 60.4 Å². The van der Waals surface area contributed by atoms with Gasteiger partial charge in [-0.15, -0.1) is 0 Å². The number of carbonyl (C=O) groups is 2. The number of Topliss-reactive ketones (excluding diaryl/α,β-unsaturated/α-hetero) is 1. The van der Waals surface area contributed by atoms with Crippen molar-refractivity contribution in [3.8, 4) is 0 Å². The summed E-state index contributed by atoms with van der Waals surface area (Å²) in [7, 11) is 1.51. The fraction of sp³-hybridized carbons (Fsp3) is 0.529. The lowest BCUT2D eigenvalue weighted by Crippen LogP contribution is -2.57. The quantitative estimate of drug-likeness (QED) is 0.720. The smallest absolute Gasteiger partial charge is 0.255 e. The molecule has 2 aliphatic heterocycles. The monoisotopic (exact) mass is 406 g/mol. The van der Waals surface area contributed by atoms with Gasteiger partial charge in [-0.05, 0) is 30.5 Å². The minimum absolute atomic E-state index is 0.174. The number of alkyl halides is 2. The van der Waals surface area contributed by atoms with E-state index < -0.39 is 30.3 Å². The van der Waals surface area contributed by atoms with Gasteiger partial charge < -0.3 is 9.74 Å². The number of piperidine rings is 1. The number of benzene rings is 1. The van der Waals surface area contributed by atoms with Crippen molar-refractivity contribution >= 4 is 34.9 Å². The molecule has 0 N–H and O–H groups in total. The summed E-state index contributed by atoms with van der Waals surface area (Å²) < 4.78 is 26.3. The lowest BCUT2D eigenvalue weighted by molar-refractivity contribution is -0.169. The molecule has 2 fully saturated rings. The van der Waals surface area contributed by atoms with E-state index in [9.17, 15) is 18.4 Å². The van der Waals surface area contributed by atoms with Gasteiger partial charge in [-0.25, -0.2) is 8.78 Å². The number of halogens is 4. The molecule has 1 atom stereocenters. The molecule has 3 rings (SSSR count). The number of amides is 1. The molecule has 0 aromatic heterocycles. The van der Waals surface area contributed by atoms with Gasteiger partial charge in [-0.2, -0.15) is 5.06 Å². The Morgan fingerprint density at radius 2 is 1.92 bits per heavy atom. The van der Waals surface area contributed by atoms with E-state index in [0.29, 0.717) is 23.7 Å². The molecule has 1 unspecified atom stereocenters. The zero-order valence-electron chi connectivity index (χ0n) is 14.1. The van der Waals surface area contributed by atoms with Crippen LogP contribution in [0.4, 0.5) is 8.78 Å². The van der Waals surface area contributed by atoms with E-state index in [4.69, 9.17) is 28.0 Å². The highest BCUT2D eigenvalue weighted by molar-refractivity contribution is 6.36. The number of hydroxylamine groups is 2. The zero-order chi connectivity index (χ0) is 19.1. The van der Waals surface area contributed by atoms with E-state index >= 15 is 0 Å². The van der Waals surface area contributed by atoms with Crippen LogP contribution in [0.15, 0.2) is 18.2 Å². The van der Waals surface area contributed by atoms with E-state index in [0.717, 1.165) is 4.90 Å². The Balaban J connectivity index is 2.01. The van der Waals surface area contributed by atoms with Crippen LogP contribution in [0.3, 0.4) is 0 Å². The second-order valence-electron chi connectivity index (χ2n) is 6.45. The zero-order valence-corrected chi connectivity index (χ0v) is 15.6. The summed E-state index contributed by atoms with van der Waals surface area (Å²) in [5.74, 6) is -2.21. The second-order valence-corrected chi connectivity index (χ2v) is 7.29. The van der Waals surface area contributed by atoms with Gasteiger partial charge in [0.15, 0.2) is 5.78 Å². The standard InChI is InChI=1S/C17H18Cl2F2N2O3/c1-26-22-6-4-17(5-7-22)15(24)14(16(25)23(17)9-13(20)21)11-3-2-10(18)8-12(11)19/h2-3,8,13-14H,4-7,9H2,1H3. The van der Waals surface area contributed by atoms with E-state index in [-0.39, 0.29) is 23.6 Å². The number of carbonyl (C=O) groups excluding carboxylic acids is 2.